The number of para-hydroxylation sites is 1. The Morgan fingerprint density at radius 3 is 2.34 bits per heavy atom. The maximum atomic E-state index is 12.7. The van der Waals surface area contributed by atoms with Crippen LogP contribution < -0.4 is 10.2 Å². The lowest BCUT2D eigenvalue weighted by Gasteiger charge is -2.28. The van der Waals surface area contributed by atoms with Crippen LogP contribution in [0.4, 0.5) is 11.4 Å². The zero-order chi connectivity index (χ0) is 24.0. The maximum absolute atomic E-state index is 12.7. The molecule has 1 fully saturated rings. The van der Waals surface area contributed by atoms with E-state index in [-0.39, 0.29) is 11.7 Å². The summed E-state index contributed by atoms with van der Waals surface area (Å²) in [6, 6.07) is 25.2. The number of halogens is 1. The van der Waals surface area contributed by atoms with E-state index in [0.29, 0.717) is 16.0 Å². The quantitative estimate of drug-likeness (QED) is 0.350. The van der Waals surface area contributed by atoms with Crippen LogP contribution in [0.5, 0.6) is 0 Å². The lowest BCUT2D eigenvalue weighted by molar-refractivity contribution is -0.113. The standard InChI is InChI=1S/C26H24ClN5O2S/c27-20-8-6-19(7-9-20)25-29-30-26(32(25)23-4-2-1-3-5-23)35-18-24(33)28-21-10-12-22(13-11-21)31-14-16-34-17-15-31/h1-13H,14-18H2,(H,28,33). The number of carbonyl (C=O) groups is 1. The molecule has 3 aromatic carbocycles. The molecule has 1 aliphatic heterocycles. The number of aromatic nitrogens is 3. The van der Waals surface area contributed by atoms with Gasteiger partial charge in [0.25, 0.3) is 0 Å². The number of nitrogens with zero attached hydrogens (tertiary/aromatic N) is 4. The summed E-state index contributed by atoms with van der Waals surface area (Å²) in [7, 11) is 0. The molecule has 0 aliphatic carbocycles. The van der Waals surface area contributed by atoms with Crippen LogP contribution >= 0.6 is 23.4 Å². The van der Waals surface area contributed by atoms with E-state index in [1.807, 2.05) is 83.4 Å². The molecule has 1 N–H and O–H groups in total. The van der Waals surface area contributed by atoms with Gasteiger partial charge >= 0.3 is 0 Å². The van der Waals surface area contributed by atoms with Gasteiger partial charge in [-0.2, -0.15) is 0 Å². The van der Waals surface area contributed by atoms with Crippen molar-refractivity contribution in [1.29, 1.82) is 0 Å². The monoisotopic (exact) mass is 505 g/mol. The van der Waals surface area contributed by atoms with E-state index in [4.69, 9.17) is 16.3 Å². The average Bonchev–Trinajstić information content (AvgIpc) is 3.33. The summed E-state index contributed by atoms with van der Waals surface area (Å²) < 4.78 is 7.37. The largest absolute Gasteiger partial charge is 0.378 e. The molecule has 1 aromatic heterocycles. The molecular formula is C26H24ClN5O2S. The first-order valence-corrected chi connectivity index (χ1v) is 12.7. The number of carbonyl (C=O) groups excluding carboxylic acids is 1. The van der Waals surface area contributed by atoms with Crippen molar-refractivity contribution in [3.63, 3.8) is 0 Å². The molecule has 1 aliphatic rings. The van der Waals surface area contributed by atoms with E-state index in [1.54, 1.807) is 0 Å². The number of thioether (sulfide) groups is 1. The number of hydrogen-bond donors (Lipinski definition) is 1. The first kappa shape index (κ1) is 23.4. The summed E-state index contributed by atoms with van der Waals surface area (Å²) in [6.45, 7) is 3.23. The molecule has 35 heavy (non-hydrogen) atoms. The number of anilines is 2. The second kappa shape index (κ2) is 10.9. The van der Waals surface area contributed by atoms with Gasteiger partial charge in [-0.1, -0.05) is 41.6 Å². The third-order valence-corrected chi connectivity index (χ3v) is 6.79. The van der Waals surface area contributed by atoms with Gasteiger partial charge in [0.05, 0.1) is 19.0 Å². The van der Waals surface area contributed by atoms with Crippen LogP contribution in [0.1, 0.15) is 0 Å². The van der Waals surface area contributed by atoms with Crippen molar-refractivity contribution in [1.82, 2.24) is 14.8 Å². The molecule has 7 nitrogen and oxygen atoms in total. The van der Waals surface area contributed by atoms with Crippen LogP contribution in [0.15, 0.2) is 84.0 Å². The summed E-state index contributed by atoms with van der Waals surface area (Å²) in [5.74, 6) is 0.788. The molecule has 0 spiro atoms. The van der Waals surface area contributed by atoms with Crippen molar-refractivity contribution in [2.75, 3.05) is 42.3 Å². The number of morpholine rings is 1. The van der Waals surface area contributed by atoms with Gasteiger partial charge in [-0.3, -0.25) is 9.36 Å². The Labute approximate surface area is 213 Å². The summed E-state index contributed by atoms with van der Waals surface area (Å²) >= 11 is 7.40. The van der Waals surface area contributed by atoms with Crippen molar-refractivity contribution >= 4 is 40.6 Å². The number of nitrogens with one attached hydrogen (secondary N) is 1. The Balaban J connectivity index is 1.28. The molecular weight excluding hydrogens is 482 g/mol. The van der Waals surface area contributed by atoms with E-state index in [1.165, 1.54) is 11.8 Å². The molecule has 1 amide bonds. The molecule has 0 saturated carbocycles. The molecule has 0 radical (unpaired) electrons. The number of rotatable bonds is 7. The normalized spacial score (nSPS) is 13.6. The smallest absolute Gasteiger partial charge is 0.234 e. The van der Waals surface area contributed by atoms with Crippen LogP contribution in [0.2, 0.25) is 5.02 Å². The van der Waals surface area contributed by atoms with E-state index in [9.17, 15) is 4.79 Å². The number of benzene rings is 3. The molecule has 0 bridgehead atoms. The van der Waals surface area contributed by atoms with Gasteiger partial charge in [0.2, 0.25) is 5.91 Å². The summed E-state index contributed by atoms with van der Waals surface area (Å²) in [6.07, 6.45) is 0. The van der Waals surface area contributed by atoms with Crippen molar-refractivity contribution < 1.29 is 9.53 Å². The first-order chi connectivity index (χ1) is 17.2. The zero-order valence-corrected chi connectivity index (χ0v) is 20.5. The fraction of sp³-hybridized carbons (Fsp3) is 0.192. The molecule has 0 unspecified atom stereocenters. The second-order valence-corrected chi connectivity index (χ2v) is 9.35. The lowest BCUT2D eigenvalue weighted by Crippen LogP contribution is -2.36. The van der Waals surface area contributed by atoms with Crippen LogP contribution in [-0.2, 0) is 9.53 Å². The Morgan fingerprint density at radius 1 is 0.914 bits per heavy atom. The van der Waals surface area contributed by atoms with Gasteiger partial charge in [0.15, 0.2) is 11.0 Å². The number of amides is 1. The molecule has 0 atom stereocenters. The van der Waals surface area contributed by atoms with Crippen molar-refractivity contribution in [2.24, 2.45) is 0 Å². The van der Waals surface area contributed by atoms with Crippen LogP contribution in [-0.4, -0.2) is 52.7 Å². The van der Waals surface area contributed by atoms with E-state index in [2.05, 4.69) is 20.4 Å². The van der Waals surface area contributed by atoms with Gasteiger partial charge in [-0.25, -0.2) is 0 Å². The van der Waals surface area contributed by atoms with Crippen LogP contribution in [0.3, 0.4) is 0 Å². The van der Waals surface area contributed by atoms with Crippen molar-refractivity contribution in [3.05, 3.63) is 83.9 Å². The van der Waals surface area contributed by atoms with E-state index in [0.717, 1.165) is 48.9 Å². The summed E-state index contributed by atoms with van der Waals surface area (Å²) in [4.78, 5) is 15.0. The molecule has 9 heteroatoms. The van der Waals surface area contributed by atoms with Crippen molar-refractivity contribution in [2.45, 2.75) is 5.16 Å². The zero-order valence-electron chi connectivity index (χ0n) is 18.9. The Kier molecular flexibility index (Phi) is 7.32. The highest BCUT2D eigenvalue weighted by molar-refractivity contribution is 7.99. The maximum Gasteiger partial charge on any atom is 0.234 e. The molecule has 5 rings (SSSR count). The summed E-state index contributed by atoms with van der Waals surface area (Å²) in [5.41, 5.74) is 3.71. The van der Waals surface area contributed by atoms with Gasteiger partial charge in [-0.05, 0) is 60.7 Å². The fourth-order valence-electron chi connectivity index (χ4n) is 3.86. The minimum Gasteiger partial charge on any atom is -0.378 e. The van der Waals surface area contributed by atoms with Gasteiger partial charge < -0.3 is 15.0 Å². The predicted molar refractivity (Wildman–Crippen MR) is 141 cm³/mol. The molecule has 1 saturated heterocycles. The van der Waals surface area contributed by atoms with Crippen LogP contribution in [0.25, 0.3) is 17.1 Å². The minimum absolute atomic E-state index is 0.107. The lowest BCUT2D eigenvalue weighted by atomic mass is 10.2. The van der Waals surface area contributed by atoms with Gasteiger partial charge in [0, 0.05) is 40.7 Å². The number of hydrogen-bond acceptors (Lipinski definition) is 6. The predicted octanol–water partition coefficient (Wildman–Crippen LogP) is 5.16. The topological polar surface area (TPSA) is 72.3 Å². The highest BCUT2D eigenvalue weighted by Crippen LogP contribution is 2.29. The average molecular weight is 506 g/mol. The van der Waals surface area contributed by atoms with Crippen molar-refractivity contribution in [3.8, 4) is 17.1 Å². The molecule has 4 aromatic rings. The first-order valence-electron chi connectivity index (χ1n) is 11.3. The fourth-order valence-corrected chi connectivity index (χ4v) is 4.74. The van der Waals surface area contributed by atoms with E-state index >= 15 is 0 Å². The highest BCUT2D eigenvalue weighted by atomic mass is 35.5. The third kappa shape index (κ3) is 5.67. The van der Waals surface area contributed by atoms with Crippen LogP contribution in [0, 0.1) is 0 Å². The summed E-state index contributed by atoms with van der Waals surface area (Å²) in [5, 5.41) is 13.1. The van der Waals surface area contributed by atoms with E-state index < -0.39 is 0 Å². The van der Waals surface area contributed by atoms with Gasteiger partial charge in [0.1, 0.15) is 0 Å². The van der Waals surface area contributed by atoms with Gasteiger partial charge in [-0.15, -0.1) is 10.2 Å². The second-order valence-electron chi connectivity index (χ2n) is 7.97. The SMILES string of the molecule is O=C(CSc1nnc(-c2ccc(Cl)cc2)n1-c1ccccc1)Nc1ccc(N2CCOCC2)cc1. The molecule has 2 heterocycles. The number of ether oxygens (including phenoxy) is 1. The Hall–Kier alpha value is -3.33. The minimum atomic E-state index is -0.107. The molecule has 178 valence electrons. The Morgan fingerprint density at radius 2 is 1.63 bits per heavy atom. The Bertz CT molecular complexity index is 1270. The third-order valence-electron chi connectivity index (χ3n) is 5.61. The highest BCUT2D eigenvalue weighted by Gasteiger charge is 2.17.